The minimum Gasteiger partial charge on any atom is -0.461 e. The van der Waals surface area contributed by atoms with Gasteiger partial charge in [-0.15, -0.1) is 0 Å². The molecule has 1 aliphatic heterocycles. The van der Waals surface area contributed by atoms with E-state index in [-0.39, 0.29) is 0 Å². The molecule has 1 heterocycles. The summed E-state index contributed by atoms with van der Waals surface area (Å²) >= 11 is 0. The van der Waals surface area contributed by atoms with Crippen LogP contribution in [0.2, 0.25) is 0 Å². The van der Waals surface area contributed by atoms with Crippen LogP contribution in [-0.2, 0) is 10.3 Å². The largest absolute Gasteiger partial charge is 0.461 e. The zero-order chi connectivity index (χ0) is 17.1. The molecule has 0 aromatic heterocycles. The number of hydrogen-bond donors (Lipinski definition) is 0. The first-order valence-electron chi connectivity index (χ1n) is 8.69. The first-order valence-corrected chi connectivity index (χ1v) is 8.69. The van der Waals surface area contributed by atoms with E-state index in [1.807, 2.05) is 12.1 Å². The Balaban J connectivity index is 1.80. The SMILES string of the molecule is Cc1ccc(C2=NCCC(c3ccccc3)(c3ccccc3)O2)cc1. The molecule has 0 saturated carbocycles. The number of nitrogens with zero attached hydrogens (tertiary/aromatic N) is 1. The molecule has 2 nitrogen and oxygen atoms in total. The van der Waals surface area contributed by atoms with Gasteiger partial charge in [0.15, 0.2) is 5.60 Å². The van der Waals surface area contributed by atoms with Gasteiger partial charge < -0.3 is 4.74 Å². The Labute approximate surface area is 148 Å². The molecule has 0 spiro atoms. The molecule has 0 unspecified atom stereocenters. The number of ether oxygens (including phenoxy) is 1. The van der Waals surface area contributed by atoms with Crippen LogP contribution in [0.15, 0.2) is 89.9 Å². The molecule has 0 radical (unpaired) electrons. The Hall–Kier alpha value is -2.87. The maximum absolute atomic E-state index is 6.62. The molecule has 0 aliphatic carbocycles. The predicted octanol–water partition coefficient (Wildman–Crippen LogP) is 5.11. The molecule has 3 aromatic rings. The summed E-state index contributed by atoms with van der Waals surface area (Å²) in [6.07, 6.45) is 0.830. The van der Waals surface area contributed by atoms with Crippen LogP contribution in [0.3, 0.4) is 0 Å². The number of aliphatic imine (C=N–C) groups is 1. The lowest BCUT2D eigenvalue weighted by Gasteiger charge is -2.38. The molecule has 25 heavy (non-hydrogen) atoms. The van der Waals surface area contributed by atoms with Crippen molar-refractivity contribution >= 4 is 5.90 Å². The molecular weight excluding hydrogens is 306 g/mol. The van der Waals surface area contributed by atoms with E-state index in [2.05, 4.69) is 84.7 Å². The molecule has 3 aromatic carbocycles. The van der Waals surface area contributed by atoms with E-state index in [1.165, 1.54) is 16.7 Å². The van der Waals surface area contributed by atoms with Crippen LogP contribution >= 0.6 is 0 Å². The van der Waals surface area contributed by atoms with Crippen LogP contribution in [0, 0.1) is 6.92 Å². The molecule has 0 fully saturated rings. The molecule has 0 atom stereocenters. The Morgan fingerprint density at radius 2 is 1.32 bits per heavy atom. The number of benzene rings is 3. The van der Waals surface area contributed by atoms with E-state index in [0.717, 1.165) is 24.4 Å². The van der Waals surface area contributed by atoms with Gasteiger partial charge in [-0.2, -0.15) is 0 Å². The molecular formula is C23H21NO. The summed E-state index contributed by atoms with van der Waals surface area (Å²) in [5, 5.41) is 0. The normalized spacial score (nSPS) is 16.0. The Morgan fingerprint density at radius 1 is 0.760 bits per heavy atom. The third-order valence-corrected chi connectivity index (χ3v) is 4.77. The summed E-state index contributed by atoms with van der Waals surface area (Å²) in [4.78, 5) is 4.67. The Bertz CT molecular complexity index is 827. The van der Waals surface area contributed by atoms with Gasteiger partial charge in [-0.25, -0.2) is 0 Å². The minimum absolute atomic E-state index is 0.496. The van der Waals surface area contributed by atoms with Gasteiger partial charge in [-0.05, 0) is 19.1 Å². The van der Waals surface area contributed by atoms with Crippen molar-refractivity contribution in [1.29, 1.82) is 0 Å². The molecule has 0 bridgehead atoms. The average Bonchev–Trinajstić information content (AvgIpc) is 2.70. The van der Waals surface area contributed by atoms with Gasteiger partial charge in [0.2, 0.25) is 5.90 Å². The maximum Gasteiger partial charge on any atom is 0.217 e. The van der Waals surface area contributed by atoms with Gasteiger partial charge in [0.05, 0.1) is 0 Å². The summed E-state index contributed by atoms with van der Waals surface area (Å²) in [5.74, 6) is 0.721. The fourth-order valence-corrected chi connectivity index (χ4v) is 3.40. The van der Waals surface area contributed by atoms with Crippen LogP contribution < -0.4 is 0 Å². The molecule has 0 amide bonds. The fourth-order valence-electron chi connectivity index (χ4n) is 3.40. The minimum atomic E-state index is -0.496. The van der Waals surface area contributed by atoms with E-state index in [0.29, 0.717) is 0 Å². The molecule has 0 N–H and O–H groups in total. The first kappa shape index (κ1) is 15.6. The molecule has 0 saturated heterocycles. The molecule has 4 rings (SSSR count). The molecule has 1 aliphatic rings. The number of hydrogen-bond acceptors (Lipinski definition) is 2. The van der Waals surface area contributed by atoms with Crippen LogP contribution in [-0.4, -0.2) is 12.4 Å². The maximum atomic E-state index is 6.62. The van der Waals surface area contributed by atoms with Crippen molar-refractivity contribution in [2.45, 2.75) is 18.9 Å². The Kier molecular flexibility index (Phi) is 4.10. The second kappa shape index (κ2) is 6.56. The van der Waals surface area contributed by atoms with Gasteiger partial charge in [0.25, 0.3) is 0 Å². The van der Waals surface area contributed by atoms with Crippen molar-refractivity contribution < 1.29 is 4.74 Å². The first-order chi connectivity index (χ1) is 12.3. The summed E-state index contributed by atoms with van der Waals surface area (Å²) < 4.78 is 6.62. The highest BCUT2D eigenvalue weighted by atomic mass is 16.5. The van der Waals surface area contributed by atoms with Crippen molar-refractivity contribution in [3.63, 3.8) is 0 Å². The van der Waals surface area contributed by atoms with Crippen LogP contribution in [0.1, 0.15) is 28.7 Å². The van der Waals surface area contributed by atoms with E-state index in [4.69, 9.17) is 4.74 Å². The van der Waals surface area contributed by atoms with Crippen molar-refractivity contribution in [3.05, 3.63) is 107 Å². The average molecular weight is 327 g/mol. The van der Waals surface area contributed by atoms with Gasteiger partial charge in [-0.1, -0.05) is 78.4 Å². The van der Waals surface area contributed by atoms with E-state index >= 15 is 0 Å². The highest BCUT2D eigenvalue weighted by Crippen LogP contribution is 2.40. The highest BCUT2D eigenvalue weighted by Gasteiger charge is 2.39. The van der Waals surface area contributed by atoms with Crippen LogP contribution in [0.4, 0.5) is 0 Å². The standard InChI is InChI=1S/C23H21NO/c1-18-12-14-19(15-13-18)22-24-17-16-23(25-22,20-8-4-2-5-9-20)21-10-6-3-7-11-21/h2-15H,16-17H2,1H3. The third-order valence-electron chi connectivity index (χ3n) is 4.77. The zero-order valence-corrected chi connectivity index (χ0v) is 14.4. The van der Waals surface area contributed by atoms with E-state index in [9.17, 15) is 0 Å². The van der Waals surface area contributed by atoms with Gasteiger partial charge in [0, 0.05) is 29.7 Å². The lowest BCUT2D eigenvalue weighted by molar-refractivity contribution is 0.0777. The lowest BCUT2D eigenvalue weighted by Crippen LogP contribution is -2.38. The summed E-state index contributed by atoms with van der Waals surface area (Å²) in [5.41, 5.74) is 4.10. The second-order valence-corrected chi connectivity index (χ2v) is 6.46. The number of aryl methyl sites for hydroxylation is 1. The summed E-state index contributed by atoms with van der Waals surface area (Å²) in [6.45, 7) is 2.83. The monoisotopic (exact) mass is 327 g/mol. The second-order valence-electron chi connectivity index (χ2n) is 6.46. The highest BCUT2D eigenvalue weighted by molar-refractivity contribution is 5.95. The van der Waals surface area contributed by atoms with Crippen molar-refractivity contribution in [2.24, 2.45) is 4.99 Å². The van der Waals surface area contributed by atoms with Crippen molar-refractivity contribution in [1.82, 2.24) is 0 Å². The summed E-state index contributed by atoms with van der Waals surface area (Å²) in [7, 11) is 0. The zero-order valence-electron chi connectivity index (χ0n) is 14.4. The van der Waals surface area contributed by atoms with E-state index < -0.39 is 5.60 Å². The van der Waals surface area contributed by atoms with Gasteiger partial charge in [0.1, 0.15) is 0 Å². The van der Waals surface area contributed by atoms with Crippen LogP contribution in [0.5, 0.6) is 0 Å². The third kappa shape index (κ3) is 2.96. The van der Waals surface area contributed by atoms with Crippen molar-refractivity contribution in [2.75, 3.05) is 6.54 Å². The molecule has 2 heteroatoms. The fraction of sp³-hybridized carbons (Fsp3) is 0.174. The lowest BCUT2D eigenvalue weighted by atomic mass is 9.82. The predicted molar refractivity (Wildman–Crippen MR) is 102 cm³/mol. The quantitative estimate of drug-likeness (QED) is 0.655. The molecule has 124 valence electrons. The Morgan fingerprint density at radius 3 is 1.88 bits per heavy atom. The summed E-state index contributed by atoms with van der Waals surface area (Å²) in [6, 6.07) is 29.3. The smallest absolute Gasteiger partial charge is 0.217 e. The topological polar surface area (TPSA) is 21.6 Å². The van der Waals surface area contributed by atoms with Crippen LogP contribution in [0.25, 0.3) is 0 Å². The van der Waals surface area contributed by atoms with Crippen molar-refractivity contribution in [3.8, 4) is 0 Å². The van der Waals surface area contributed by atoms with Gasteiger partial charge in [-0.3, -0.25) is 4.99 Å². The van der Waals surface area contributed by atoms with Gasteiger partial charge >= 0.3 is 0 Å². The number of rotatable bonds is 3. The van der Waals surface area contributed by atoms with E-state index in [1.54, 1.807) is 0 Å².